The van der Waals surface area contributed by atoms with Gasteiger partial charge in [-0.1, -0.05) is 18.2 Å². The zero-order valence-electron chi connectivity index (χ0n) is 14.6. The van der Waals surface area contributed by atoms with Crippen LogP contribution in [0.15, 0.2) is 42.5 Å². The summed E-state index contributed by atoms with van der Waals surface area (Å²) in [5.41, 5.74) is -0.578. The molecule has 1 amide bonds. The van der Waals surface area contributed by atoms with Crippen LogP contribution in [-0.4, -0.2) is 35.4 Å². The topological polar surface area (TPSA) is 151 Å². The normalized spacial score (nSPS) is 10.0. The van der Waals surface area contributed by atoms with E-state index in [-0.39, 0.29) is 28.4 Å². The van der Waals surface area contributed by atoms with Crippen molar-refractivity contribution in [3.05, 3.63) is 68.3 Å². The van der Waals surface area contributed by atoms with E-state index in [0.29, 0.717) is 0 Å². The second-order valence-electron chi connectivity index (χ2n) is 5.41. The maximum atomic E-state index is 11.9. The van der Waals surface area contributed by atoms with Gasteiger partial charge in [-0.25, -0.2) is 0 Å². The van der Waals surface area contributed by atoms with Crippen molar-refractivity contribution in [2.45, 2.75) is 6.42 Å². The Kier molecular flexibility index (Phi) is 6.58. The van der Waals surface area contributed by atoms with Crippen molar-refractivity contribution >= 4 is 28.9 Å². The molecule has 0 saturated heterocycles. The monoisotopic (exact) mass is 389 g/mol. The third-order valence-corrected chi connectivity index (χ3v) is 3.56. The Balaban J connectivity index is 1.97. The molecule has 0 aromatic heterocycles. The van der Waals surface area contributed by atoms with Gasteiger partial charge in [-0.3, -0.25) is 29.8 Å². The van der Waals surface area contributed by atoms with Gasteiger partial charge in [-0.15, -0.1) is 0 Å². The van der Waals surface area contributed by atoms with Crippen LogP contribution in [0.5, 0.6) is 5.75 Å². The molecule has 0 spiro atoms. The smallest absolute Gasteiger partial charge is 0.311 e. The number of nitrogens with zero attached hydrogens (tertiary/aromatic N) is 2. The van der Waals surface area contributed by atoms with Crippen molar-refractivity contribution in [3.63, 3.8) is 0 Å². The summed E-state index contributed by atoms with van der Waals surface area (Å²) in [6.45, 7) is -0.706. The fourth-order valence-electron chi connectivity index (χ4n) is 2.27. The molecular weight excluding hydrogens is 374 g/mol. The first-order chi connectivity index (χ1) is 13.3. The summed E-state index contributed by atoms with van der Waals surface area (Å²) in [4.78, 5) is 44.5. The highest BCUT2D eigenvalue weighted by molar-refractivity contribution is 5.95. The number of methoxy groups -OCH3 is 1. The van der Waals surface area contributed by atoms with Crippen LogP contribution >= 0.6 is 0 Å². The highest BCUT2D eigenvalue weighted by Gasteiger charge is 2.19. The number of para-hydroxylation sites is 1. The third-order valence-electron chi connectivity index (χ3n) is 3.56. The minimum Gasteiger partial charge on any atom is -0.496 e. The molecule has 0 unspecified atom stereocenters. The number of nitro groups is 2. The Morgan fingerprint density at radius 1 is 1.04 bits per heavy atom. The standard InChI is InChI=1S/C17H15N3O8/c1-27-12-6-7-13(15(9-12)20(25)26)18-16(21)10-28-17(22)8-11-4-2-3-5-14(11)19(23)24/h2-7,9H,8,10H2,1H3,(H,18,21). The molecule has 2 rings (SSSR count). The summed E-state index contributed by atoms with van der Waals surface area (Å²) in [5.74, 6) is -1.42. The number of carbonyl (C=O) groups excluding carboxylic acids is 2. The van der Waals surface area contributed by atoms with E-state index in [1.165, 1.54) is 43.5 Å². The van der Waals surface area contributed by atoms with E-state index in [2.05, 4.69) is 5.32 Å². The van der Waals surface area contributed by atoms with Crippen molar-refractivity contribution in [1.29, 1.82) is 0 Å². The van der Waals surface area contributed by atoms with Crippen molar-refractivity contribution in [1.82, 2.24) is 0 Å². The number of hydrogen-bond acceptors (Lipinski definition) is 8. The number of ether oxygens (including phenoxy) is 2. The fourth-order valence-corrected chi connectivity index (χ4v) is 2.27. The molecule has 0 fully saturated rings. The van der Waals surface area contributed by atoms with Gasteiger partial charge < -0.3 is 14.8 Å². The Bertz CT molecular complexity index is 928. The van der Waals surface area contributed by atoms with E-state index in [1.807, 2.05) is 0 Å². The van der Waals surface area contributed by atoms with Gasteiger partial charge in [0.1, 0.15) is 11.4 Å². The zero-order chi connectivity index (χ0) is 20.7. The van der Waals surface area contributed by atoms with E-state index in [9.17, 15) is 29.8 Å². The molecule has 0 aliphatic heterocycles. The average Bonchev–Trinajstić information content (AvgIpc) is 2.66. The van der Waals surface area contributed by atoms with Gasteiger partial charge in [0.2, 0.25) is 0 Å². The molecule has 11 nitrogen and oxygen atoms in total. The lowest BCUT2D eigenvalue weighted by molar-refractivity contribution is -0.385. The van der Waals surface area contributed by atoms with Gasteiger partial charge >= 0.3 is 5.97 Å². The summed E-state index contributed by atoms with van der Waals surface area (Å²) >= 11 is 0. The number of amides is 1. The van der Waals surface area contributed by atoms with E-state index in [1.54, 1.807) is 0 Å². The van der Waals surface area contributed by atoms with E-state index < -0.39 is 34.8 Å². The van der Waals surface area contributed by atoms with E-state index in [4.69, 9.17) is 9.47 Å². The zero-order valence-corrected chi connectivity index (χ0v) is 14.6. The second-order valence-corrected chi connectivity index (χ2v) is 5.41. The van der Waals surface area contributed by atoms with Crippen LogP contribution in [0.25, 0.3) is 0 Å². The predicted octanol–water partition coefficient (Wildman–Crippen LogP) is 2.24. The van der Waals surface area contributed by atoms with Crippen LogP contribution in [0.4, 0.5) is 17.1 Å². The maximum Gasteiger partial charge on any atom is 0.311 e. The van der Waals surface area contributed by atoms with Crippen LogP contribution in [-0.2, 0) is 20.7 Å². The molecule has 0 aliphatic rings. The maximum absolute atomic E-state index is 11.9. The molecule has 0 atom stereocenters. The number of anilines is 1. The minimum atomic E-state index is -0.853. The Morgan fingerprint density at radius 3 is 2.36 bits per heavy atom. The van der Waals surface area contributed by atoms with Crippen LogP contribution in [0.2, 0.25) is 0 Å². The van der Waals surface area contributed by atoms with Gasteiger partial charge in [0.05, 0.1) is 29.4 Å². The summed E-state index contributed by atoms with van der Waals surface area (Å²) < 4.78 is 9.68. The highest BCUT2D eigenvalue weighted by atomic mass is 16.6. The SMILES string of the molecule is COc1ccc(NC(=O)COC(=O)Cc2ccccc2[N+](=O)[O-])c([N+](=O)[O-])c1. The Hall–Kier alpha value is -4.02. The molecule has 2 aromatic carbocycles. The van der Waals surface area contributed by atoms with Gasteiger partial charge in [-0.2, -0.15) is 0 Å². The number of benzene rings is 2. The molecule has 1 N–H and O–H groups in total. The van der Waals surface area contributed by atoms with Gasteiger partial charge in [0.25, 0.3) is 17.3 Å². The van der Waals surface area contributed by atoms with E-state index >= 15 is 0 Å². The molecule has 0 heterocycles. The Morgan fingerprint density at radius 2 is 1.71 bits per heavy atom. The number of hydrogen-bond donors (Lipinski definition) is 1. The first-order valence-electron chi connectivity index (χ1n) is 7.82. The molecular formula is C17H15N3O8. The van der Waals surface area contributed by atoms with E-state index in [0.717, 1.165) is 6.07 Å². The van der Waals surface area contributed by atoms with Gasteiger partial charge in [0, 0.05) is 11.6 Å². The molecule has 28 heavy (non-hydrogen) atoms. The lowest BCUT2D eigenvalue weighted by Gasteiger charge is -2.08. The highest BCUT2D eigenvalue weighted by Crippen LogP contribution is 2.28. The molecule has 0 bridgehead atoms. The molecule has 0 aliphatic carbocycles. The summed E-state index contributed by atoms with van der Waals surface area (Å²) in [6, 6.07) is 9.48. The van der Waals surface area contributed by atoms with Crippen molar-refractivity contribution in [3.8, 4) is 5.75 Å². The first kappa shape index (κ1) is 20.3. The number of esters is 1. The van der Waals surface area contributed by atoms with Crippen LogP contribution < -0.4 is 10.1 Å². The summed E-state index contributed by atoms with van der Waals surface area (Å²) in [7, 11) is 1.34. The molecule has 146 valence electrons. The summed E-state index contributed by atoms with van der Waals surface area (Å²) in [5, 5.41) is 24.3. The average molecular weight is 389 g/mol. The Labute approximate surface area is 158 Å². The third kappa shape index (κ3) is 5.24. The number of nitrogens with one attached hydrogen (secondary N) is 1. The largest absolute Gasteiger partial charge is 0.496 e. The quantitative estimate of drug-likeness (QED) is 0.410. The number of nitro benzene ring substituents is 2. The number of rotatable bonds is 8. The first-order valence-corrected chi connectivity index (χ1v) is 7.82. The van der Waals surface area contributed by atoms with Crippen LogP contribution in [0.3, 0.4) is 0 Å². The minimum absolute atomic E-state index is 0.0921. The number of carbonyl (C=O) groups is 2. The van der Waals surface area contributed by atoms with Crippen molar-refractivity contribution < 1.29 is 28.9 Å². The summed E-state index contributed by atoms with van der Waals surface area (Å²) in [6.07, 6.45) is -0.396. The molecule has 2 aromatic rings. The molecule has 0 radical (unpaired) electrons. The fraction of sp³-hybridized carbons (Fsp3) is 0.176. The van der Waals surface area contributed by atoms with Crippen molar-refractivity contribution in [2.75, 3.05) is 19.0 Å². The van der Waals surface area contributed by atoms with Gasteiger partial charge in [0.15, 0.2) is 6.61 Å². The van der Waals surface area contributed by atoms with Crippen LogP contribution in [0.1, 0.15) is 5.56 Å². The predicted molar refractivity (Wildman–Crippen MR) is 96.0 cm³/mol. The second kappa shape index (κ2) is 9.07. The van der Waals surface area contributed by atoms with Crippen LogP contribution in [0, 0.1) is 20.2 Å². The lowest BCUT2D eigenvalue weighted by atomic mass is 10.1. The molecule has 0 saturated carbocycles. The van der Waals surface area contributed by atoms with Crippen molar-refractivity contribution in [2.24, 2.45) is 0 Å². The molecule has 11 heteroatoms. The van der Waals surface area contributed by atoms with Gasteiger partial charge in [-0.05, 0) is 12.1 Å². The lowest BCUT2D eigenvalue weighted by Crippen LogP contribution is -2.22.